The second kappa shape index (κ2) is 8.86. The molecule has 198 valence electrons. The summed E-state index contributed by atoms with van der Waals surface area (Å²) in [5.41, 5.74) is -6.77. The predicted octanol–water partition coefficient (Wildman–Crippen LogP) is 4.79. The molecule has 8 atom stereocenters. The molecule has 4 aliphatic rings. The number of carbonyl (C=O) groups excluding carboxylic acids is 4. The molecule has 0 aromatic rings. The van der Waals surface area contributed by atoms with E-state index >= 15 is 8.78 Å². The highest BCUT2D eigenvalue weighted by molar-refractivity contribution is 8.26. The lowest BCUT2D eigenvalue weighted by molar-refractivity contribution is -0.223. The second-order valence-electron chi connectivity index (χ2n) is 11.2. The predicted molar refractivity (Wildman–Crippen MR) is 130 cm³/mol. The zero-order chi connectivity index (χ0) is 26.8. The number of rotatable bonds is 4. The van der Waals surface area contributed by atoms with Gasteiger partial charge in [-0.05, 0) is 49.1 Å². The van der Waals surface area contributed by atoms with Crippen molar-refractivity contribution in [3.8, 4) is 0 Å². The van der Waals surface area contributed by atoms with Gasteiger partial charge < -0.3 is 9.84 Å². The Bertz CT molecular complexity index is 1090. The second-order valence-corrected chi connectivity index (χ2v) is 12.2. The standard InChI is InChI=1S/C27H34F2O6S/c1-6-21(32)35-27(23(34)36-22(33)7-2)14(3)10-16-17-12-19(28)18-11-15(30)8-9-24(18,4)26(17,29)20(31)13-25(16,27)5/h8-9,14,16-17,20,31H,6-7,10-13H2,1-5H3/t14-,16?,17?,20+,24+,25+,26+,27+/m1/s1. The van der Waals surface area contributed by atoms with E-state index in [1.165, 1.54) is 19.1 Å². The van der Waals surface area contributed by atoms with Crippen LogP contribution in [0.2, 0.25) is 0 Å². The summed E-state index contributed by atoms with van der Waals surface area (Å²) in [6.07, 6.45) is 0.565. The third-order valence-electron chi connectivity index (χ3n) is 9.56. The number of aliphatic hydroxyl groups excluding tert-OH is 1. The topological polar surface area (TPSA) is 97.7 Å². The highest BCUT2D eigenvalue weighted by Gasteiger charge is 2.77. The molecule has 0 bridgehead atoms. The average molecular weight is 525 g/mol. The van der Waals surface area contributed by atoms with Crippen molar-refractivity contribution in [3.63, 3.8) is 0 Å². The van der Waals surface area contributed by atoms with Gasteiger partial charge in [-0.1, -0.05) is 33.8 Å². The van der Waals surface area contributed by atoms with Gasteiger partial charge in [-0.3, -0.25) is 19.2 Å². The number of ketones is 1. The van der Waals surface area contributed by atoms with Crippen LogP contribution in [-0.2, 0) is 23.9 Å². The first-order valence-corrected chi connectivity index (χ1v) is 13.5. The molecular weight excluding hydrogens is 490 g/mol. The largest absolute Gasteiger partial charge is 0.449 e. The highest BCUT2D eigenvalue weighted by atomic mass is 32.2. The molecule has 4 aliphatic carbocycles. The van der Waals surface area contributed by atoms with Crippen LogP contribution in [0.5, 0.6) is 0 Å². The van der Waals surface area contributed by atoms with Gasteiger partial charge in [0.15, 0.2) is 22.2 Å². The smallest absolute Gasteiger partial charge is 0.306 e. The van der Waals surface area contributed by atoms with Crippen molar-refractivity contribution >= 4 is 33.7 Å². The molecule has 2 unspecified atom stereocenters. The molecule has 1 N–H and O–H groups in total. The summed E-state index contributed by atoms with van der Waals surface area (Å²) >= 11 is 0.492. The van der Waals surface area contributed by atoms with Crippen molar-refractivity contribution < 1.29 is 37.8 Å². The minimum atomic E-state index is -2.29. The molecular formula is C27H34F2O6S. The fraction of sp³-hybridized carbons (Fsp3) is 0.704. The van der Waals surface area contributed by atoms with Crippen molar-refractivity contribution in [2.75, 3.05) is 0 Å². The molecule has 4 rings (SSSR count). The summed E-state index contributed by atoms with van der Waals surface area (Å²) < 4.78 is 38.8. The number of carbonyl (C=O) groups is 4. The lowest BCUT2D eigenvalue weighted by Gasteiger charge is -2.62. The quantitative estimate of drug-likeness (QED) is 0.528. The fourth-order valence-corrected chi connectivity index (χ4v) is 8.67. The van der Waals surface area contributed by atoms with Crippen molar-refractivity contribution in [3.05, 3.63) is 23.6 Å². The van der Waals surface area contributed by atoms with E-state index in [2.05, 4.69) is 0 Å². The van der Waals surface area contributed by atoms with Gasteiger partial charge in [0.2, 0.25) is 5.12 Å². The van der Waals surface area contributed by atoms with Crippen LogP contribution in [0.1, 0.15) is 73.1 Å². The maximum atomic E-state index is 17.3. The molecule has 0 amide bonds. The number of hydrogen-bond acceptors (Lipinski definition) is 7. The summed E-state index contributed by atoms with van der Waals surface area (Å²) in [5, 5.41) is 10.5. The average Bonchev–Trinajstić information content (AvgIpc) is 3.04. The molecule has 2 saturated carbocycles. The monoisotopic (exact) mass is 524 g/mol. The first-order valence-electron chi connectivity index (χ1n) is 12.7. The number of esters is 1. The van der Waals surface area contributed by atoms with Crippen LogP contribution in [0.4, 0.5) is 8.78 Å². The van der Waals surface area contributed by atoms with Crippen LogP contribution in [0.15, 0.2) is 23.6 Å². The van der Waals surface area contributed by atoms with Gasteiger partial charge in [0.1, 0.15) is 5.83 Å². The number of thioether (sulfide) groups is 1. The fourth-order valence-electron chi connectivity index (χ4n) is 7.69. The van der Waals surface area contributed by atoms with E-state index in [1.807, 2.05) is 0 Å². The number of ether oxygens (including phenoxy) is 1. The van der Waals surface area contributed by atoms with E-state index in [1.54, 1.807) is 27.7 Å². The Hall–Kier alpha value is -1.87. The van der Waals surface area contributed by atoms with Crippen LogP contribution in [0.3, 0.4) is 0 Å². The lowest BCUT2D eigenvalue weighted by Crippen LogP contribution is -2.69. The summed E-state index contributed by atoms with van der Waals surface area (Å²) in [7, 11) is 0. The summed E-state index contributed by atoms with van der Waals surface area (Å²) in [4.78, 5) is 50.7. The van der Waals surface area contributed by atoms with Gasteiger partial charge in [0.05, 0.1) is 6.10 Å². The summed E-state index contributed by atoms with van der Waals surface area (Å²) in [6.45, 7) is 8.16. The Morgan fingerprint density at radius 3 is 2.47 bits per heavy atom. The number of aliphatic hydroxyl groups is 1. The first kappa shape index (κ1) is 27.2. The Kier molecular flexibility index (Phi) is 6.69. The Labute approximate surface area is 214 Å². The number of halogens is 2. The molecule has 0 spiro atoms. The minimum Gasteiger partial charge on any atom is -0.449 e. The van der Waals surface area contributed by atoms with Gasteiger partial charge in [0.25, 0.3) is 0 Å². The number of allylic oxidation sites excluding steroid dienone is 4. The van der Waals surface area contributed by atoms with E-state index in [4.69, 9.17) is 4.74 Å². The van der Waals surface area contributed by atoms with Crippen LogP contribution >= 0.6 is 11.8 Å². The maximum absolute atomic E-state index is 17.3. The van der Waals surface area contributed by atoms with Crippen LogP contribution < -0.4 is 0 Å². The van der Waals surface area contributed by atoms with E-state index in [-0.39, 0.29) is 55.0 Å². The molecule has 0 aromatic carbocycles. The van der Waals surface area contributed by atoms with Crippen molar-refractivity contribution in [2.24, 2.45) is 28.6 Å². The van der Waals surface area contributed by atoms with Gasteiger partial charge in [-0.2, -0.15) is 0 Å². The van der Waals surface area contributed by atoms with Crippen LogP contribution in [0, 0.1) is 28.6 Å². The number of hydrogen-bond donors (Lipinski definition) is 1. The van der Waals surface area contributed by atoms with Gasteiger partial charge in [-0.25, -0.2) is 8.78 Å². The van der Waals surface area contributed by atoms with E-state index in [0.717, 1.165) is 0 Å². The molecule has 36 heavy (non-hydrogen) atoms. The zero-order valence-corrected chi connectivity index (χ0v) is 22.2. The summed E-state index contributed by atoms with van der Waals surface area (Å²) in [5.74, 6) is -3.76. The van der Waals surface area contributed by atoms with Crippen molar-refractivity contribution in [1.29, 1.82) is 0 Å². The first-order chi connectivity index (χ1) is 16.7. The molecule has 0 radical (unpaired) electrons. The molecule has 2 fully saturated rings. The van der Waals surface area contributed by atoms with Crippen molar-refractivity contribution in [1.82, 2.24) is 0 Å². The Balaban J connectivity index is 1.88. The number of alkyl halides is 1. The van der Waals surface area contributed by atoms with Gasteiger partial charge in [-0.15, -0.1) is 0 Å². The number of fused-ring (bicyclic) bond motifs is 5. The highest BCUT2D eigenvalue weighted by Crippen LogP contribution is 2.72. The summed E-state index contributed by atoms with van der Waals surface area (Å²) in [6, 6.07) is 0. The van der Waals surface area contributed by atoms with E-state index in [9.17, 15) is 24.3 Å². The third-order valence-corrected chi connectivity index (χ3v) is 10.6. The molecule has 0 aliphatic heterocycles. The lowest BCUT2D eigenvalue weighted by atomic mass is 9.45. The van der Waals surface area contributed by atoms with Crippen molar-refractivity contribution in [2.45, 2.75) is 90.5 Å². The van der Waals surface area contributed by atoms with Crippen LogP contribution in [0.25, 0.3) is 0 Å². The van der Waals surface area contributed by atoms with Crippen LogP contribution in [-0.4, -0.2) is 44.5 Å². The van der Waals surface area contributed by atoms with E-state index in [0.29, 0.717) is 11.8 Å². The molecule has 0 aromatic heterocycles. The maximum Gasteiger partial charge on any atom is 0.306 e. The molecule has 9 heteroatoms. The molecule has 0 saturated heterocycles. The SMILES string of the molecule is CCC(=O)O[C@]1(C(=O)SC(=O)CC)[C@H](C)CC2C3CC(F)=C4CC(=O)C=C[C@]4(C)[C@@]3(F)[C@@H](O)C[C@@]21C. The van der Waals surface area contributed by atoms with Gasteiger partial charge >= 0.3 is 5.97 Å². The molecule has 6 nitrogen and oxygen atoms in total. The molecule has 0 heterocycles. The Morgan fingerprint density at radius 1 is 1.19 bits per heavy atom. The normalized spacial score (nSPS) is 43.5. The third kappa shape index (κ3) is 3.37. The van der Waals surface area contributed by atoms with E-state index < -0.39 is 62.9 Å². The zero-order valence-electron chi connectivity index (χ0n) is 21.4. The van der Waals surface area contributed by atoms with Gasteiger partial charge in [0, 0.05) is 48.3 Å². The minimum absolute atomic E-state index is 0.00839. The Morgan fingerprint density at radius 2 is 1.86 bits per heavy atom.